The number of rotatable bonds is 16. The van der Waals surface area contributed by atoms with Crippen molar-refractivity contribution in [1.29, 1.82) is 0 Å². The molecule has 0 saturated heterocycles. The van der Waals surface area contributed by atoms with Gasteiger partial charge >= 0.3 is 11.9 Å². The Morgan fingerprint density at radius 1 is 1.09 bits per heavy atom. The van der Waals surface area contributed by atoms with E-state index in [1.165, 1.54) is 24.3 Å². The van der Waals surface area contributed by atoms with Crippen molar-refractivity contribution in [3.05, 3.63) is 18.2 Å². The van der Waals surface area contributed by atoms with Gasteiger partial charge in [0, 0.05) is 18.3 Å². The number of aliphatic carboxylic acids is 2. The first-order chi connectivity index (χ1) is 16.5. The number of carbonyl (C=O) groups is 5. The molecule has 0 aliphatic rings. The molecule has 0 fully saturated rings. The third-order valence-electron chi connectivity index (χ3n) is 5.36. The topological polar surface area (TPSA) is 217 Å². The smallest absolute Gasteiger partial charge is 0.326 e. The monoisotopic (exact) mass is 514 g/mol. The van der Waals surface area contributed by atoms with Gasteiger partial charge < -0.3 is 36.9 Å². The van der Waals surface area contributed by atoms with E-state index in [0.717, 1.165) is 0 Å². The summed E-state index contributed by atoms with van der Waals surface area (Å²) in [4.78, 5) is 67.5. The standard InChI is InChI=1S/C21H34N6O7S/c1-4-11(2)17(27-18(30)13(22)7-12-9-23-10-24-12)20(32)25-14(5-6-35-3)19(31)26-15(21(33)34)8-16(28)29/h9-11,13-15,17H,4-8,22H2,1-3H3,(H,23,24)(H,25,32)(H,26,31)(H,27,30)(H,28,29)(H,33,34). The van der Waals surface area contributed by atoms with E-state index in [9.17, 15) is 29.1 Å². The summed E-state index contributed by atoms with van der Waals surface area (Å²) in [5, 5.41) is 25.5. The van der Waals surface area contributed by atoms with Gasteiger partial charge in [-0.3, -0.25) is 19.2 Å². The fraction of sp³-hybridized carbons (Fsp3) is 0.619. The number of nitrogens with zero attached hydrogens (tertiary/aromatic N) is 1. The Morgan fingerprint density at radius 2 is 1.74 bits per heavy atom. The van der Waals surface area contributed by atoms with Gasteiger partial charge in [-0.15, -0.1) is 0 Å². The molecule has 35 heavy (non-hydrogen) atoms. The van der Waals surface area contributed by atoms with Crippen LogP contribution in [0.2, 0.25) is 0 Å². The van der Waals surface area contributed by atoms with Crippen molar-refractivity contribution in [2.75, 3.05) is 12.0 Å². The summed E-state index contributed by atoms with van der Waals surface area (Å²) in [6.45, 7) is 3.60. The zero-order valence-electron chi connectivity index (χ0n) is 19.9. The number of hydrogen-bond donors (Lipinski definition) is 7. The van der Waals surface area contributed by atoms with E-state index in [1.54, 1.807) is 13.2 Å². The van der Waals surface area contributed by atoms with Crippen LogP contribution in [0.25, 0.3) is 0 Å². The van der Waals surface area contributed by atoms with Gasteiger partial charge in [0.2, 0.25) is 17.7 Å². The molecule has 5 unspecified atom stereocenters. The average molecular weight is 515 g/mol. The van der Waals surface area contributed by atoms with Crippen molar-refractivity contribution < 1.29 is 34.2 Å². The van der Waals surface area contributed by atoms with Crippen molar-refractivity contribution >= 4 is 41.4 Å². The summed E-state index contributed by atoms with van der Waals surface area (Å²) in [6, 6.07) is -4.73. The largest absolute Gasteiger partial charge is 0.481 e. The second kappa shape index (κ2) is 15.0. The number of carbonyl (C=O) groups excluding carboxylic acids is 3. The van der Waals surface area contributed by atoms with Crippen molar-refractivity contribution in [2.24, 2.45) is 11.7 Å². The second-order valence-electron chi connectivity index (χ2n) is 8.10. The Morgan fingerprint density at radius 3 is 2.26 bits per heavy atom. The lowest BCUT2D eigenvalue weighted by atomic mass is 9.97. The molecule has 8 N–H and O–H groups in total. The van der Waals surface area contributed by atoms with Gasteiger partial charge in [0.05, 0.1) is 18.8 Å². The van der Waals surface area contributed by atoms with Crippen LogP contribution < -0.4 is 21.7 Å². The molecule has 0 spiro atoms. The van der Waals surface area contributed by atoms with Gasteiger partial charge in [-0.25, -0.2) is 9.78 Å². The van der Waals surface area contributed by atoms with Crippen LogP contribution >= 0.6 is 11.8 Å². The summed E-state index contributed by atoms with van der Waals surface area (Å²) >= 11 is 1.41. The van der Waals surface area contributed by atoms with Crippen molar-refractivity contribution in [3.8, 4) is 0 Å². The summed E-state index contributed by atoms with van der Waals surface area (Å²) in [5.41, 5.74) is 6.63. The zero-order valence-corrected chi connectivity index (χ0v) is 20.8. The normalized spacial score (nSPS) is 15.2. The van der Waals surface area contributed by atoms with E-state index in [-0.39, 0.29) is 18.8 Å². The number of aromatic amines is 1. The molecule has 1 rings (SSSR count). The first kappa shape index (κ1) is 29.9. The number of hydrogen-bond acceptors (Lipinski definition) is 8. The predicted molar refractivity (Wildman–Crippen MR) is 128 cm³/mol. The molecule has 5 atom stereocenters. The van der Waals surface area contributed by atoms with Gasteiger partial charge in [-0.05, 0) is 24.3 Å². The van der Waals surface area contributed by atoms with Crippen LogP contribution in [0, 0.1) is 5.92 Å². The molecule has 3 amide bonds. The molecule has 1 heterocycles. The number of H-pyrrole nitrogens is 1. The minimum absolute atomic E-state index is 0.165. The Bertz CT molecular complexity index is 866. The fourth-order valence-electron chi connectivity index (χ4n) is 3.10. The first-order valence-electron chi connectivity index (χ1n) is 11.1. The molecular formula is C21H34N6O7S. The number of nitrogens with two attached hydrogens (primary N) is 1. The van der Waals surface area contributed by atoms with Gasteiger partial charge in [0.25, 0.3) is 0 Å². The number of thioether (sulfide) groups is 1. The second-order valence-corrected chi connectivity index (χ2v) is 9.08. The van der Waals surface area contributed by atoms with Crippen molar-refractivity contribution in [1.82, 2.24) is 25.9 Å². The molecule has 0 aliphatic heterocycles. The maximum Gasteiger partial charge on any atom is 0.326 e. The third-order valence-corrected chi connectivity index (χ3v) is 6.01. The SMILES string of the molecule is CCC(C)C(NC(=O)C(N)Cc1cnc[nH]1)C(=O)NC(CCSC)C(=O)NC(CC(=O)O)C(=O)O. The average Bonchev–Trinajstić information content (AvgIpc) is 3.31. The number of carboxylic acids is 2. The third kappa shape index (κ3) is 10.3. The van der Waals surface area contributed by atoms with Crippen LogP contribution in [0.3, 0.4) is 0 Å². The summed E-state index contributed by atoms with van der Waals surface area (Å²) in [7, 11) is 0. The Hall–Kier alpha value is -3.13. The van der Waals surface area contributed by atoms with Crippen LogP contribution in [0.5, 0.6) is 0 Å². The number of nitrogens with one attached hydrogen (secondary N) is 4. The van der Waals surface area contributed by atoms with Gasteiger partial charge in [-0.1, -0.05) is 20.3 Å². The van der Waals surface area contributed by atoms with Gasteiger partial charge in [0.15, 0.2) is 0 Å². The zero-order chi connectivity index (χ0) is 26.5. The molecule has 13 nitrogen and oxygen atoms in total. The van der Waals surface area contributed by atoms with E-state index in [4.69, 9.17) is 10.8 Å². The minimum atomic E-state index is -1.65. The highest BCUT2D eigenvalue weighted by Gasteiger charge is 2.32. The maximum absolute atomic E-state index is 13.1. The molecule has 0 aliphatic carbocycles. The maximum atomic E-state index is 13.1. The summed E-state index contributed by atoms with van der Waals surface area (Å²) in [5.74, 6) is -4.76. The number of carboxylic acid groups (broad SMARTS) is 2. The predicted octanol–water partition coefficient (Wildman–Crippen LogP) is -0.908. The van der Waals surface area contributed by atoms with Crippen LogP contribution in [-0.2, 0) is 30.4 Å². The molecule has 0 bridgehead atoms. The summed E-state index contributed by atoms with van der Waals surface area (Å²) in [6.07, 6.45) is 4.86. The minimum Gasteiger partial charge on any atom is -0.481 e. The van der Waals surface area contributed by atoms with Crippen molar-refractivity contribution in [3.63, 3.8) is 0 Å². The van der Waals surface area contributed by atoms with E-state index in [2.05, 4.69) is 25.9 Å². The van der Waals surface area contributed by atoms with E-state index in [0.29, 0.717) is 17.9 Å². The lowest BCUT2D eigenvalue weighted by Crippen LogP contribution is -2.59. The number of aromatic nitrogens is 2. The van der Waals surface area contributed by atoms with E-state index < -0.39 is 60.2 Å². The quantitative estimate of drug-likeness (QED) is 0.144. The molecule has 0 aromatic carbocycles. The highest BCUT2D eigenvalue weighted by Crippen LogP contribution is 2.11. The summed E-state index contributed by atoms with van der Waals surface area (Å²) < 4.78 is 0. The Labute approximate surface area is 207 Å². The highest BCUT2D eigenvalue weighted by molar-refractivity contribution is 7.98. The Balaban J connectivity index is 2.95. The molecule has 14 heteroatoms. The molecule has 196 valence electrons. The van der Waals surface area contributed by atoms with Crippen molar-refractivity contribution in [2.45, 2.75) is 63.7 Å². The lowest BCUT2D eigenvalue weighted by molar-refractivity contribution is -0.147. The molecular weight excluding hydrogens is 480 g/mol. The number of amides is 3. The van der Waals surface area contributed by atoms with Gasteiger partial charge in [-0.2, -0.15) is 11.8 Å². The van der Waals surface area contributed by atoms with Crippen LogP contribution in [0.15, 0.2) is 12.5 Å². The highest BCUT2D eigenvalue weighted by atomic mass is 32.2. The van der Waals surface area contributed by atoms with Crippen LogP contribution in [-0.4, -0.2) is 86.0 Å². The molecule has 1 aromatic heterocycles. The van der Waals surface area contributed by atoms with Gasteiger partial charge in [0.1, 0.15) is 18.1 Å². The fourth-order valence-corrected chi connectivity index (χ4v) is 3.57. The Kier molecular flexibility index (Phi) is 12.8. The lowest BCUT2D eigenvalue weighted by Gasteiger charge is -2.27. The van der Waals surface area contributed by atoms with E-state index >= 15 is 0 Å². The van der Waals surface area contributed by atoms with Crippen LogP contribution in [0.1, 0.15) is 38.8 Å². The van der Waals surface area contributed by atoms with Crippen LogP contribution in [0.4, 0.5) is 0 Å². The molecule has 1 aromatic rings. The van der Waals surface area contributed by atoms with E-state index in [1.807, 2.05) is 6.92 Å². The molecule has 0 radical (unpaired) electrons. The number of imidazole rings is 1. The molecule has 0 saturated carbocycles. The first-order valence-corrected chi connectivity index (χ1v) is 12.5.